The molecular weight excluding hydrogens is 496 g/mol. The van der Waals surface area contributed by atoms with Crippen LogP contribution in [0, 0.1) is 35.0 Å². The summed E-state index contributed by atoms with van der Waals surface area (Å²) in [6.07, 6.45) is 22.5. The number of allylic oxidation sites excluding steroid dienone is 1. The molecule has 0 aromatic rings. The van der Waals surface area contributed by atoms with E-state index in [1.165, 1.54) is 76.2 Å². The van der Waals surface area contributed by atoms with Gasteiger partial charge in [0.05, 0.1) is 0 Å². The second-order valence-corrected chi connectivity index (χ2v) is 20.4. The molecule has 3 fully saturated rings. The molecule has 0 saturated heterocycles. The number of Topliss-reactive ketones (excluding diaryl/α,β-unsaturated/α-hetero) is 1. The van der Waals surface area contributed by atoms with Gasteiger partial charge in [-0.05, 0) is 98.7 Å². The third-order valence-corrected chi connectivity index (χ3v) is 16.7. The molecular formula is C35H60O3Si. The fourth-order valence-corrected chi connectivity index (χ4v) is 9.82. The first-order valence-corrected chi connectivity index (χ1v) is 19.8. The van der Waals surface area contributed by atoms with Gasteiger partial charge < -0.3 is 4.43 Å². The Balaban J connectivity index is 1.15. The second kappa shape index (κ2) is 13.1. The van der Waals surface area contributed by atoms with E-state index in [9.17, 15) is 9.59 Å². The van der Waals surface area contributed by atoms with Crippen LogP contribution in [0.1, 0.15) is 137 Å². The van der Waals surface area contributed by atoms with Crippen LogP contribution >= 0.6 is 0 Å². The molecule has 3 nitrogen and oxygen atoms in total. The van der Waals surface area contributed by atoms with Crippen LogP contribution in [0.4, 0.5) is 0 Å². The average molecular weight is 557 g/mol. The van der Waals surface area contributed by atoms with Crippen LogP contribution in [0.25, 0.3) is 0 Å². The number of unbranched alkanes of at least 4 members (excludes halogenated alkanes) is 8. The van der Waals surface area contributed by atoms with Crippen LogP contribution in [0.15, 0.2) is 11.6 Å². The van der Waals surface area contributed by atoms with E-state index in [1.54, 1.807) is 0 Å². The molecule has 0 N–H and O–H groups in total. The largest absolute Gasteiger partial charge is 0.417 e. The molecule has 0 spiro atoms. The number of fused-ring (bicyclic) bond motifs is 5. The fraction of sp³-hybridized carbons (Fsp3) is 0.886. The Morgan fingerprint density at radius 1 is 0.897 bits per heavy atom. The van der Waals surface area contributed by atoms with Crippen molar-refractivity contribution < 1.29 is 14.0 Å². The van der Waals surface area contributed by atoms with E-state index in [-0.39, 0.29) is 5.41 Å². The number of ketones is 2. The number of rotatable bonds is 13. The summed E-state index contributed by atoms with van der Waals surface area (Å²) in [5, 5.41) is 0.312. The van der Waals surface area contributed by atoms with Gasteiger partial charge in [0.2, 0.25) is 0 Å². The van der Waals surface area contributed by atoms with Crippen LogP contribution < -0.4 is 0 Å². The summed E-state index contributed by atoms with van der Waals surface area (Å²) >= 11 is 0. The van der Waals surface area contributed by atoms with E-state index < -0.39 is 8.32 Å². The highest BCUT2D eigenvalue weighted by molar-refractivity contribution is 6.74. The third-order valence-electron chi connectivity index (χ3n) is 12.2. The molecule has 0 aliphatic heterocycles. The highest BCUT2D eigenvalue weighted by Crippen LogP contribution is 2.62. The number of carbonyl (C=O) groups is 2. The summed E-state index contributed by atoms with van der Waals surface area (Å²) in [5.74, 6) is 4.26. The first-order chi connectivity index (χ1) is 18.4. The average Bonchev–Trinajstić information content (AvgIpc) is 3.17. The summed E-state index contributed by atoms with van der Waals surface area (Å²) < 4.78 is 6.32. The first-order valence-electron chi connectivity index (χ1n) is 16.8. The Bertz CT molecular complexity index is 883. The molecule has 3 saturated carbocycles. The lowest BCUT2D eigenvalue weighted by Crippen LogP contribution is -2.50. The molecule has 222 valence electrons. The Morgan fingerprint density at radius 2 is 1.54 bits per heavy atom. The minimum atomic E-state index is -1.58. The lowest BCUT2D eigenvalue weighted by molar-refractivity contribution is -0.132. The number of carbonyl (C=O) groups excluding carboxylic acids is 2. The Morgan fingerprint density at radius 3 is 2.21 bits per heavy atom. The van der Waals surface area contributed by atoms with E-state index in [2.05, 4.69) is 40.8 Å². The first kappa shape index (κ1) is 31.2. The smallest absolute Gasteiger partial charge is 0.191 e. The van der Waals surface area contributed by atoms with Crippen molar-refractivity contribution in [2.45, 2.75) is 155 Å². The van der Waals surface area contributed by atoms with Crippen molar-refractivity contribution in [1.82, 2.24) is 0 Å². The zero-order valence-electron chi connectivity index (χ0n) is 26.4. The highest BCUT2D eigenvalue weighted by atomic mass is 28.4. The van der Waals surface area contributed by atoms with E-state index in [1.807, 2.05) is 6.08 Å². The summed E-state index contributed by atoms with van der Waals surface area (Å²) in [5.41, 5.74) is 1.43. The van der Waals surface area contributed by atoms with Gasteiger partial charge in [0.15, 0.2) is 14.1 Å². The van der Waals surface area contributed by atoms with E-state index in [0.717, 1.165) is 51.0 Å². The maximum absolute atomic E-state index is 12.9. The maximum Gasteiger partial charge on any atom is 0.191 e. The van der Waals surface area contributed by atoms with Gasteiger partial charge in [-0.25, -0.2) is 0 Å². The summed E-state index contributed by atoms with van der Waals surface area (Å²) in [4.78, 5) is 25.2. The van der Waals surface area contributed by atoms with Crippen molar-refractivity contribution in [1.29, 1.82) is 0 Å². The van der Waals surface area contributed by atoms with Crippen molar-refractivity contribution in [3.63, 3.8) is 0 Å². The molecule has 0 bridgehead atoms. The van der Waals surface area contributed by atoms with Gasteiger partial charge in [-0.15, -0.1) is 0 Å². The van der Waals surface area contributed by atoms with E-state index >= 15 is 0 Å². The van der Waals surface area contributed by atoms with E-state index in [4.69, 9.17) is 4.43 Å². The summed E-state index contributed by atoms with van der Waals surface area (Å²) in [7, 11) is -1.58. The highest BCUT2D eigenvalue weighted by Gasteiger charge is 2.58. The lowest BCUT2D eigenvalue weighted by Gasteiger charge is -2.55. The normalized spacial score (nSPS) is 33.0. The van der Waals surface area contributed by atoms with Crippen molar-refractivity contribution in [3.05, 3.63) is 11.6 Å². The topological polar surface area (TPSA) is 43.4 Å². The molecule has 0 radical (unpaired) electrons. The number of hydrogen-bond acceptors (Lipinski definition) is 3. The molecule has 4 aliphatic rings. The van der Waals surface area contributed by atoms with Crippen LogP contribution in [-0.4, -0.2) is 26.5 Å². The molecule has 4 aliphatic carbocycles. The van der Waals surface area contributed by atoms with Gasteiger partial charge in [-0.1, -0.05) is 84.6 Å². The predicted molar refractivity (Wildman–Crippen MR) is 165 cm³/mol. The van der Waals surface area contributed by atoms with Crippen molar-refractivity contribution >= 4 is 19.9 Å². The van der Waals surface area contributed by atoms with Crippen molar-refractivity contribution in [2.75, 3.05) is 6.61 Å². The van der Waals surface area contributed by atoms with Gasteiger partial charge in [0.1, 0.15) is 5.78 Å². The molecule has 0 heterocycles. The Hall–Kier alpha value is -0.743. The van der Waals surface area contributed by atoms with E-state index in [0.29, 0.717) is 40.3 Å². The zero-order valence-corrected chi connectivity index (χ0v) is 27.4. The van der Waals surface area contributed by atoms with Crippen LogP contribution in [0.5, 0.6) is 0 Å². The quantitative estimate of drug-likeness (QED) is 0.167. The minimum absolute atomic E-state index is 0.0536. The molecule has 4 heteroatoms. The number of hydrogen-bond donors (Lipinski definition) is 0. The SMILES string of the molecule is CC(C)(C)[Si](C)(C)OCCCCCCCCCCC[C@@H]1CC2=CC(=O)CC[C@@H]2[C@H]2CC[C@]3(C)C(=O)CC[C@H]3[C@H]12. The van der Waals surface area contributed by atoms with Gasteiger partial charge >= 0.3 is 0 Å². The van der Waals surface area contributed by atoms with Gasteiger partial charge in [-0.3, -0.25) is 9.59 Å². The molecule has 6 atom stereocenters. The Kier molecular flexibility index (Phi) is 10.4. The molecule has 0 aromatic heterocycles. The van der Waals surface area contributed by atoms with Crippen molar-refractivity contribution in [3.8, 4) is 0 Å². The molecule has 0 aromatic carbocycles. The summed E-state index contributed by atoms with van der Waals surface area (Å²) in [6.45, 7) is 14.9. The minimum Gasteiger partial charge on any atom is -0.417 e. The molecule has 4 rings (SSSR count). The van der Waals surface area contributed by atoms with Crippen LogP contribution in [0.3, 0.4) is 0 Å². The summed E-state index contributed by atoms with van der Waals surface area (Å²) in [6, 6.07) is 0. The molecule has 0 amide bonds. The van der Waals surface area contributed by atoms with Crippen molar-refractivity contribution in [2.24, 2.45) is 35.0 Å². The second-order valence-electron chi connectivity index (χ2n) is 15.6. The van der Waals surface area contributed by atoms with Gasteiger partial charge in [0, 0.05) is 24.9 Å². The standard InChI is InChI=1S/C35H60O3Si/c1-34(2,3)39(5,6)38-23-15-13-11-9-7-8-10-12-14-16-26-24-27-25-28(36)17-18-29(27)30-21-22-35(4)31(33(26)30)19-20-32(35)37/h25-26,29-31,33H,7-24H2,1-6H3/t26-,29+,30-,31+,33-,35+/m1/s1. The maximum atomic E-state index is 12.9. The molecule has 39 heavy (non-hydrogen) atoms. The monoisotopic (exact) mass is 556 g/mol. The van der Waals surface area contributed by atoms with Crippen LogP contribution in [0.2, 0.25) is 18.1 Å². The van der Waals surface area contributed by atoms with Gasteiger partial charge in [-0.2, -0.15) is 0 Å². The van der Waals surface area contributed by atoms with Crippen LogP contribution in [-0.2, 0) is 14.0 Å². The fourth-order valence-electron chi connectivity index (χ4n) is 8.74. The zero-order chi connectivity index (χ0) is 28.3. The van der Waals surface area contributed by atoms with Gasteiger partial charge in [0.25, 0.3) is 0 Å². The lowest BCUT2D eigenvalue weighted by atomic mass is 9.49. The third kappa shape index (κ3) is 7.19. The predicted octanol–water partition coefficient (Wildman–Crippen LogP) is 9.85. The molecule has 0 unspecified atom stereocenters. The Labute approximate surface area is 241 Å².